The molecule has 4 heteroatoms. The molecule has 0 aromatic carbocycles. The number of nitrogens with zero attached hydrogens (tertiary/aromatic N) is 2. The molecule has 1 atom stereocenters. The van der Waals surface area contributed by atoms with E-state index in [4.69, 9.17) is 11.6 Å². The van der Waals surface area contributed by atoms with Crippen molar-refractivity contribution in [2.45, 2.75) is 33.7 Å². The fraction of sp³-hybridized carbons (Fsp3) is 0.727. The SMILES string of the molecule is CCC(C)CN(CC)Cc1cnc(Cl)s1. The van der Waals surface area contributed by atoms with Gasteiger partial charge in [0.05, 0.1) is 0 Å². The van der Waals surface area contributed by atoms with Crippen LogP contribution in [-0.2, 0) is 6.54 Å². The molecule has 1 aromatic heterocycles. The first kappa shape index (κ1) is 12.9. The Morgan fingerprint density at radius 1 is 1.53 bits per heavy atom. The van der Waals surface area contributed by atoms with Crippen molar-refractivity contribution in [2.24, 2.45) is 5.92 Å². The summed E-state index contributed by atoms with van der Waals surface area (Å²) in [7, 11) is 0. The second-order valence-corrected chi connectivity index (χ2v) is 5.62. The number of halogens is 1. The van der Waals surface area contributed by atoms with Gasteiger partial charge in [0.1, 0.15) is 0 Å². The molecular weight excluding hydrogens is 228 g/mol. The molecule has 0 aliphatic carbocycles. The number of rotatable bonds is 6. The van der Waals surface area contributed by atoms with E-state index < -0.39 is 0 Å². The van der Waals surface area contributed by atoms with Gasteiger partial charge < -0.3 is 0 Å². The summed E-state index contributed by atoms with van der Waals surface area (Å²) >= 11 is 7.39. The second-order valence-electron chi connectivity index (χ2n) is 3.92. The van der Waals surface area contributed by atoms with Crippen molar-refractivity contribution in [3.8, 4) is 0 Å². The maximum absolute atomic E-state index is 5.81. The van der Waals surface area contributed by atoms with Crippen LogP contribution in [0, 0.1) is 5.92 Å². The van der Waals surface area contributed by atoms with Gasteiger partial charge in [-0.1, -0.05) is 38.8 Å². The van der Waals surface area contributed by atoms with Gasteiger partial charge in [-0.05, 0) is 12.5 Å². The molecule has 1 unspecified atom stereocenters. The topological polar surface area (TPSA) is 16.1 Å². The maximum Gasteiger partial charge on any atom is 0.183 e. The van der Waals surface area contributed by atoms with Crippen LogP contribution in [0.1, 0.15) is 32.1 Å². The molecule has 0 radical (unpaired) electrons. The highest BCUT2D eigenvalue weighted by Gasteiger charge is 2.09. The van der Waals surface area contributed by atoms with Gasteiger partial charge in [0.2, 0.25) is 0 Å². The molecule has 15 heavy (non-hydrogen) atoms. The van der Waals surface area contributed by atoms with Crippen LogP contribution in [0.4, 0.5) is 0 Å². The molecule has 0 bridgehead atoms. The summed E-state index contributed by atoms with van der Waals surface area (Å²) in [6.45, 7) is 9.95. The maximum atomic E-state index is 5.81. The van der Waals surface area contributed by atoms with Crippen molar-refractivity contribution in [2.75, 3.05) is 13.1 Å². The highest BCUT2D eigenvalue weighted by atomic mass is 35.5. The summed E-state index contributed by atoms with van der Waals surface area (Å²) in [5, 5.41) is 0. The minimum absolute atomic E-state index is 0.643. The molecule has 2 nitrogen and oxygen atoms in total. The Morgan fingerprint density at radius 3 is 2.73 bits per heavy atom. The number of hydrogen-bond donors (Lipinski definition) is 0. The fourth-order valence-electron chi connectivity index (χ4n) is 1.45. The Hall–Kier alpha value is -0.120. The van der Waals surface area contributed by atoms with E-state index in [2.05, 4.69) is 30.7 Å². The van der Waals surface area contributed by atoms with E-state index in [1.807, 2.05) is 6.20 Å². The lowest BCUT2D eigenvalue weighted by Crippen LogP contribution is -2.27. The zero-order chi connectivity index (χ0) is 11.3. The quantitative estimate of drug-likeness (QED) is 0.762. The highest BCUT2D eigenvalue weighted by Crippen LogP contribution is 2.19. The highest BCUT2D eigenvalue weighted by molar-refractivity contribution is 7.15. The number of thiazole rings is 1. The lowest BCUT2D eigenvalue weighted by Gasteiger charge is -2.22. The first-order valence-electron chi connectivity index (χ1n) is 5.48. The van der Waals surface area contributed by atoms with E-state index in [1.54, 1.807) is 11.3 Å². The Bertz CT molecular complexity index is 288. The van der Waals surface area contributed by atoms with Gasteiger partial charge in [0.25, 0.3) is 0 Å². The summed E-state index contributed by atoms with van der Waals surface area (Å²) in [4.78, 5) is 7.76. The Kier molecular flexibility index (Phi) is 5.58. The zero-order valence-corrected chi connectivity index (χ0v) is 11.2. The number of hydrogen-bond acceptors (Lipinski definition) is 3. The van der Waals surface area contributed by atoms with Crippen LogP contribution in [0.25, 0.3) is 0 Å². The fourth-order valence-corrected chi connectivity index (χ4v) is 2.47. The van der Waals surface area contributed by atoms with Crippen molar-refractivity contribution in [1.82, 2.24) is 9.88 Å². The third-order valence-corrected chi connectivity index (χ3v) is 3.72. The molecule has 0 spiro atoms. The van der Waals surface area contributed by atoms with Crippen LogP contribution >= 0.6 is 22.9 Å². The van der Waals surface area contributed by atoms with E-state index in [-0.39, 0.29) is 0 Å². The molecule has 1 rings (SSSR count). The monoisotopic (exact) mass is 246 g/mol. The van der Waals surface area contributed by atoms with E-state index in [1.165, 1.54) is 11.3 Å². The van der Waals surface area contributed by atoms with Gasteiger partial charge >= 0.3 is 0 Å². The van der Waals surface area contributed by atoms with Gasteiger partial charge in [-0.2, -0.15) is 0 Å². The van der Waals surface area contributed by atoms with Crippen LogP contribution in [0.15, 0.2) is 6.20 Å². The van der Waals surface area contributed by atoms with Gasteiger partial charge in [0.15, 0.2) is 4.47 Å². The average Bonchev–Trinajstić information content (AvgIpc) is 2.62. The molecule has 1 aromatic rings. The second kappa shape index (κ2) is 6.46. The summed E-state index contributed by atoms with van der Waals surface area (Å²) < 4.78 is 0.643. The van der Waals surface area contributed by atoms with Crippen LogP contribution in [0.2, 0.25) is 4.47 Å². The van der Waals surface area contributed by atoms with E-state index in [0.29, 0.717) is 4.47 Å². The lowest BCUT2D eigenvalue weighted by molar-refractivity contribution is 0.240. The van der Waals surface area contributed by atoms with Crippen molar-refractivity contribution in [3.63, 3.8) is 0 Å². The molecule has 0 saturated heterocycles. The minimum Gasteiger partial charge on any atom is -0.298 e. The summed E-state index contributed by atoms with van der Waals surface area (Å²) in [5.74, 6) is 0.758. The smallest absolute Gasteiger partial charge is 0.183 e. The van der Waals surface area contributed by atoms with Crippen molar-refractivity contribution in [1.29, 1.82) is 0 Å². The van der Waals surface area contributed by atoms with Crippen LogP contribution in [0.5, 0.6) is 0 Å². The van der Waals surface area contributed by atoms with Gasteiger partial charge in [0, 0.05) is 24.2 Å². The number of aromatic nitrogens is 1. The molecule has 1 heterocycles. The van der Waals surface area contributed by atoms with Gasteiger partial charge in [-0.3, -0.25) is 4.90 Å². The summed E-state index contributed by atoms with van der Waals surface area (Å²) in [6, 6.07) is 0. The molecule has 0 amide bonds. The van der Waals surface area contributed by atoms with Crippen molar-refractivity contribution >= 4 is 22.9 Å². The van der Waals surface area contributed by atoms with Gasteiger partial charge in [-0.25, -0.2) is 4.98 Å². The first-order valence-corrected chi connectivity index (χ1v) is 6.67. The Balaban J connectivity index is 2.46. The lowest BCUT2D eigenvalue weighted by atomic mass is 10.1. The Morgan fingerprint density at radius 2 is 2.27 bits per heavy atom. The third kappa shape index (κ3) is 4.49. The van der Waals surface area contributed by atoms with E-state index in [9.17, 15) is 0 Å². The average molecular weight is 247 g/mol. The van der Waals surface area contributed by atoms with E-state index >= 15 is 0 Å². The molecule has 0 aliphatic rings. The minimum atomic E-state index is 0.643. The normalized spacial score (nSPS) is 13.4. The molecular formula is C11H19ClN2S. The summed E-state index contributed by atoms with van der Waals surface area (Å²) in [6.07, 6.45) is 3.12. The molecule has 0 fully saturated rings. The van der Waals surface area contributed by atoms with Crippen LogP contribution in [0.3, 0.4) is 0 Å². The first-order chi connectivity index (χ1) is 7.15. The predicted molar refractivity (Wildman–Crippen MR) is 67.5 cm³/mol. The standard InChI is InChI=1S/C11H19ClN2S/c1-4-9(3)7-14(5-2)8-10-6-13-11(12)15-10/h6,9H,4-5,7-8H2,1-3H3. The van der Waals surface area contributed by atoms with Crippen LogP contribution in [-0.4, -0.2) is 23.0 Å². The van der Waals surface area contributed by atoms with Crippen molar-refractivity contribution in [3.05, 3.63) is 15.5 Å². The zero-order valence-electron chi connectivity index (χ0n) is 9.66. The van der Waals surface area contributed by atoms with Crippen LogP contribution < -0.4 is 0 Å². The van der Waals surface area contributed by atoms with E-state index in [0.717, 1.165) is 25.6 Å². The molecule has 86 valence electrons. The summed E-state index contributed by atoms with van der Waals surface area (Å²) in [5.41, 5.74) is 0. The Labute approximate surface area is 101 Å². The van der Waals surface area contributed by atoms with Crippen molar-refractivity contribution < 1.29 is 0 Å². The van der Waals surface area contributed by atoms with Gasteiger partial charge in [-0.15, -0.1) is 11.3 Å². The third-order valence-electron chi connectivity index (χ3n) is 2.62. The molecule has 0 aliphatic heterocycles. The molecule has 0 N–H and O–H groups in total. The predicted octanol–water partition coefficient (Wildman–Crippen LogP) is 3.66. The molecule has 0 saturated carbocycles. The largest absolute Gasteiger partial charge is 0.298 e.